The van der Waals surface area contributed by atoms with E-state index in [9.17, 15) is 0 Å². The van der Waals surface area contributed by atoms with Crippen molar-refractivity contribution in [1.29, 1.82) is 0 Å². The molecule has 0 aliphatic carbocycles. The summed E-state index contributed by atoms with van der Waals surface area (Å²) in [6.45, 7) is 0.631. The highest BCUT2D eigenvalue weighted by atomic mass is 16.6. The highest BCUT2D eigenvalue weighted by Crippen LogP contribution is 2.12. The molecule has 5 heteroatoms. The number of hydrogen-bond donors (Lipinski definition) is 1. The molecule has 1 aromatic carbocycles. The van der Waals surface area contributed by atoms with E-state index in [2.05, 4.69) is 15.6 Å². The third kappa shape index (κ3) is 2.20. The molecule has 15 heavy (non-hydrogen) atoms. The minimum Gasteiger partial charge on any atom is -0.305 e. The average molecular weight is 204 g/mol. The van der Waals surface area contributed by atoms with E-state index in [1.165, 1.54) is 6.33 Å². The Labute approximate surface area is 87.7 Å². The molecule has 1 N–H and O–H groups in total. The monoisotopic (exact) mass is 204 g/mol. The van der Waals surface area contributed by atoms with E-state index in [1.54, 1.807) is 18.1 Å². The molecular weight excluding hydrogens is 192 g/mol. The van der Waals surface area contributed by atoms with Gasteiger partial charge in [0.25, 0.3) is 0 Å². The summed E-state index contributed by atoms with van der Waals surface area (Å²) in [5.41, 5.74) is 4.91. The number of hydroxylamine groups is 1. The van der Waals surface area contributed by atoms with Crippen molar-refractivity contribution < 1.29 is 4.84 Å². The summed E-state index contributed by atoms with van der Waals surface area (Å²) in [4.78, 5) is 8.74. The molecule has 0 fully saturated rings. The lowest BCUT2D eigenvalue weighted by Crippen LogP contribution is -2.13. The van der Waals surface area contributed by atoms with Crippen LogP contribution >= 0.6 is 0 Å². The normalized spacial score (nSPS) is 10.5. The van der Waals surface area contributed by atoms with Crippen LogP contribution in [-0.2, 0) is 11.4 Å². The van der Waals surface area contributed by atoms with Crippen LogP contribution in [0, 0.1) is 0 Å². The van der Waals surface area contributed by atoms with Gasteiger partial charge in [0.1, 0.15) is 12.7 Å². The third-order valence-electron chi connectivity index (χ3n) is 2.06. The van der Waals surface area contributed by atoms with Gasteiger partial charge < -0.3 is 4.84 Å². The van der Waals surface area contributed by atoms with Crippen molar-refractivity contribution in [2.45, 2.75) is 6.54 Å². The summed E-state index contributed by atoms with van der Waals surface area (Å²) < 4.78 is 1.73. The Balaban J connectivity index is 2.30. The largest absolute Gasteiger partial charge is 0.305 e. The number of nitrogens with one attached hydrogen (secondary N) is 1. The van der Waals surface area contributed by atoms with Gasteiger partial charge in [-0.15, -0.1) is 0 Å². The van der Waals surface area contributed by atoms with E-state index in [1.807, 2.05) is 24.3 Å². The van der Waals surface area contributed by atoms with Gasteiger partial charge >= 0.3 is 0 Å². The van der Waals surface area contributed by atoms with Crippen LogP contribution in [0.15, 0.2) is 36.9 Å². The maximum atomic E-state index is 4.82. The van der Waals surface area contributed by atoms with Crippen molar-refractivity contribution in [3.8, 4) is 5.69 Å². The maximum absolute atomic E-state index is 4.82. The first-order valence-electron chi connectivity index (χ1n) is 4.60. The fraction of sp³-hybridized carbons (Fsp3) is 0.200. The molecule has 0 spiro atoms. The van der Waals surface area contributed by atoms with Gasteiger partial charge in [-0.1, -0.05) is 18.2 Å². The smallest absolute Gasteiger partial charge is 0.138 e. The number of para-hydroxylation sites is 1. The molecule has 2 rings (SSSR count). The van der Waals surface area contributed by atoms with Gasteiger partial charge in [-0.05, 0) is 11.6 Å². The number of aromatic nitrogens is 3. The van der Waals surface area contributed by atoms with Crippen molar-refractivity contribution in [2.24, 2.45) is 0 Å². The molecule has 1 heterocycles. The first kappa shape index (κ1) is 9.82. The number of benzene rings is 1. The highest BCUT2D eigenvalue weighted by Gasteiger charge is 2.03. The summed E-state index contributed by atoms with van der Waals surface area (Å²) in [6.07, 6.45) is 3.19. The lowest BCUT2D eigenvalue weighted by Gasteiger charge is -2.08. The van der Waals surface area contributed by atoms with E-state index >= 15 is 0 Å². The first-order chi connectivity index (χ1) is 7.42. The zero-order valence-corrected chi connectivity index (χ0v) is 8.42. The second-order valence-corrected chi connectivity index (χ2v) is 2.99. The zero-order valence-electron chi connectivity index (χ0n) is 8.42. The SMILES string of the molecule is CONCc1ccccc1-n1cncn1. The first-order valence-corrected chi connectivity index (χ1v) is 4.60. The average Bonchev–Trinajstić information content (AvgIpc) is 2.80. The van der Waals surface area contributed by atoms with Crippen LogP contribution in [0.25, 0.3) is 5.69 Å². The van der Waals surface area contributed by atoms with Gasteiger partial charge in [0, 0.05) is 6.54 Å². The van der Waals surface area contributed by atoms with Gasteiger partial charge in [-0.25, -0.2) is 9.67 Å². The Morgan fingerprint density at radius 2 is 2.27 bits per heavy atom. The minimum atomic E-state index is 0.631. The second-order valence-electron chi connectivity index (χ2n) is 2.99. The lowest BCUT2D eigenvalue weighted by atomic mass is 10.2. The van der Waals surface area contributed by atoms with E-state index < -0.39 is 0 Å². The van der Waals surface area contributed by atoms with Gasteiger partial charge in [0.05, 0.1) is 12.8 Å². The molecule has 0 amide bonds. The molecule has 0 unspecified atom stereocenters. The Bertz CT molecular complexity index is 413. The summed E-state index contributed by atoms with van der Waals surface area (Å²) in [5, 5.41) is 4.09. The Hall–Kier alpha value is -1.72. The van der Waals surface area contributed by atoms with E-state index in [4.69, 9.17) is 4.84 Å². The Kier molecular flexibility index (Phi) is 3.06. The van der Waals surface area contributed by atoms with Crippen LogP contribution in [0.1, 0.15) is 5.56 Å². The molecule has 0 saturated carbocycles. The minimum absolute atomic E-state index is 0.631. The van der Waals surface area contributed by atoms with Crippen molar-refractivity contribution in [3.05, 3.63) is 42.5 Å². The lowest BCUT2D eigenvalue weighted by molar-refractivity contribution is 0.0867. The van der Waals surface area contributed by atoms with E-state index in [0.717, 1.165) is 11.3 Å². The van der Waals surface area contributed by atoms with Crippen molar-refractivity contribution in [3.63, 3.8) is 0 Å². The molecular formula is C10H12N4O. The molecule has 1 aromatic heterocycles. The molecule has 0 aliphatic heterocycles. The van der Waals surface area contributed by atoms with Gasteiger partial charge in [-0.3, -0.25) is 0 Å². The summed E-state index contributed by atoms with van der Waals surface area (Å²) in [7, 11) is 1.60. The summed E-state index contributed by atoms with van der Waals surface area (Å²) >= 11 is 0. The Morgan fingerprint density at radius 1 is 1.40 bits per heavy atom. The standard InChI is InChI=1S/C10H12N4O/c1-15-13-6-9-4-2-3-5-10(9)14-8-11-7-12-14/h2-5,7-8,13H,6H2,1H3. The summed E-state index contributed by atoms with van der Waals surface area (Å²) in [5.74, 6) is 0. The van der Waals surface area contributed by atoms with Gasteiger partial charge in [0.2, 0.25) is 0 Å². The number of rotatable bonds is 4. The van der Waals surface area contributed by atoms with Crippen LogP contribution < -0.4 is 5.48 Å². The quantitative estimate of drug-likeness (QED) is 0.752. The van der Waals surface area contributed by atoms with Crippen molar-refractivity contribution in [1.82, 2.24) is 20.2 Å². The van der Waals surface area contributed by atoms with Crippen LogP contribution in [0.4, 0.5) is 0 Å². The second kappa shape index (κ2) is 4.68. The van der Waals surface area contributed by atoms with Crippen molar-refractivity contribution >= 4 is 0 Å². The van der Waals surface area contributed by atoms with Crippen molar-refractivity contribution in [2.75, 3.05) is 7.11 Å². The van der Waals surface area contributed by atoms with Gasteiger partial charge in [0.15, 0.2) is 0 Å². The van der Waals surface area contributed by atoms with Gasteiger partial charge in [-0.2, -0.15) is 10.6 Å². The molecule has 78 valence electrons. The number of hydrogen-bond acceptors (Lipinski definition) is 4. The summed E-state index contributed by atoms with van der Waals surface area (Å²) in [6, 6.07) is 7.95. The number of nitrogens with zero attached hydrogens (tertiary/aromatic N) is 3. The molecule has 0 bridgehead atoms. The highest BCUT2D eigenvalue weighted by molar-refractivity contribution is 5.39. The maximum Gasteiger partial charge on any atom is 0.138 e. The third-order valence-corrected chi connectivity index (χ3v) is 2.06. The topological polar surface area (TPSA) is 52.0 Å². The predicted octanol–water partition coefficient (Wildman–Crippen LogP) is 0.918. The predicted molar refractivity (Wildman–Crippen MR) is 55.2 cm³/mol. The molecule has 0 radical (unpaired) electrons. The van der Waals surface area contributed by atoms with Crippen LogP contribution in [0.3, 0.4) is 0 Å². The van der Waals surface area contributed by atoms with Crippen LogP contribution in [0.2, 0.25) is 0 Å². The van der Waals surface area contributed by atoms with E-state index in [-0.39, 0.29) is 0 Å². The molecule has 0 aliphatic rings. The molecule has 5 nitrogen and oxygen atoms in total. The van der Waals surface area contributed by atoms with Crippen LogP contribution in [-0.4, -0.2) is 21.9 Å². The van der Waals surface area contributed by atoms with Crippen LogP contribution in [0.5, 0.6) is 0 Å². The molecule has 0 atom stereocenters. The van der Waals surface area contributed by atoms with E-state index in [0.29, 0.717) is 6.54 Å². The Morgan fingerprint density at radius 3 is 3.00 bits per heavy atom. The fourth-order valence-electron chi connectivity index (χ4n) is 1.37. The molecule has 2 aromatic rings. The zero-order chi connectivity index (χ0) is 10.5. The molecule has 0 saturated heterocycles. The fourth-order valence-corrected chi connectivity index (χ4v) is 1.37.